The van der Waals surface area contributed by atoms with Crippen LogP contribution >= 0.6 is 0 Å². The predicted molar refractivity (Wildman–Crippen MR) is 83.8 cm³/mol. The maximum Gasteiger partial charge on any atom is 0.339 e. The molecule has 0 fully saturated rings. The SMILES string of the molecule is Cc1ccccc1S(=O)(=O)CCOc1ccc(O)c(C(=O)O)c1. The Morgan fingerprint density at radius 3 is 2.52 bits per heavy atom. The van der Waals surface area contributed by atoms with Gasteiger partial charge in [-0.05, 0) is 36.8 Å². The van der Waals surface area contributed by atoms with Gasteiger partial charge in [0.15, 0.2) is 9.84 Å². The van der Waals surface area contributed by atoms with Crippen molar-refractivity contribution in [2.24, 2.45) is 0 Å². The number of rotatable bonds is 6. The van der Waals surface area contributed by atoms with Crippen LogP contribution in [0, 0.1) is 6.92 Å². The van der Waals surface area contributed by atoms with Crippen LogP contribution < -0.4 is 4.74 Å². The summed E-state index contributed by atoms with van der Waals surface area (Å²) >= 11 is 0. The van der Waals surface area contributed by atoms with Crippen LogP contribution in [-0.4, -0.2) is 37.0 Å². The van der Waals surface area contributed by atoms with E-state index in [0.29, 0.717) is 5.56 Å². The van der Waals surface area contributed by atoms with E-state index in [4.69, 9.17) is 9.84 Å². The molecule has 0 heterocycles. The first-order valence-corrected chi connectivity index (χ1v) is 8.44. The number of aromatic hydroxyl groups is 1. The Labute approximate surface area is 133 Å². The van der Waals surface area contributed by atoms with E-state index in [1.807, 2.05) is 0 Å². The number of carboxylic acid groups (broad SMARTS) is 1. The van der Waals surface area contributed by atoms with Crippen molar-refractivity contribution in [1.29, 1.82) is 0 Å². The number of hydrogen-bond acceptors (Lipinski definition) is 5. The van der Waals surface area contributed by atoms with Crippen LogP contribution in [0.3, 0.4) is 0 Å². The zero-order chi connectivity index (χ0) is 17.0. The summed E-state index contributed by atoms with van der Waals surface area (Å²) in [6.07, 6.45) is 0. The van der Waals surface area contributed by atoms with Crippen molar-refractivity contribution in [3.05, 3.63) is 53.6 Å². The van der Waals surface area contributed by atoms with Gasteiger partial charge in [0.1, 0.15) is 23.7 Å². The highest BCUT2D eigenvalue weighted by atomic mass is 32.2. The van der Waals surface area contributed by atoms with Crippen LogP contribution in [0.2, 0.25) is 0 Å². The zero-order valence-electron chi connectivity index (χ0n) is 12.4. The zero-order valence-corrected chi connectivity index (χ0v) is 13.2. The van der Waals surface area contributed by atoms with Crippen LogP contribution in [-0.2, 0) is 9.84 Å². The summed E-state index contributed by atoms with van der Waals surface area (Å²) in [5.74, 6) is -1.72. The van der Waals surface area contributed by atoms with Crippen LogP contribution in [0.15, 0.2) is 47.4 Å². The largest absolute Gasteiger partial charge is 0.507 e. The third kappa shape index (κ3) is 4.01. The molecule has 0 amide bonds. The second kappa shape index (κ2) is 6.70. The van der Waals surface area contributed by atoms with E-state index in [2.05, 4.69) is 0 Å². The quantitative estimate of drug-likeness (QED) is 0.839. The molecule has 0 aromatic heterocycles. The van der Waals surface area contributed by atoms with Crippen molar-refractivity contribution in [2.75, 3.05) is 12.4 Å². The fourth-order valence-electron chi connectivity index (χ4n) is 2.06. The number of hydrogen-bond donors (Lipinski definition) is 2. The van der Waals surface area contributed by atoms with Gasteiger partial charge in [0, 0.05) is 0 Å². The van der Waals surface area contributed by atoms with Gasteiger partial charge >= 0.3 is 5.97 Å². The van der Waals surface area contributed by atoms with Crippen molar-refractivity contribution in [1.82, 2.24) is 0 Å². The minimum absolute atomic E-state index is 0.125. The first-order valence-electron chi connectivity index (χ1n) is 6.79. The van der Waals surface area contributed by atoms with Gasteiger partial charge in [-0.1, -0.05) is 18.2 Å². The molecular weight excluding hydrogens is 320 g/mol. The summed E-state index contributed by atoms with van der Waals surface area (Å²) in [5.41, 5.74) is 0.356. The number of carbonyl (C=O) groups is 1. The van der Waals surface area contributed by atoms with Crippen molar-refractivity contribution in [3.63, 3.8) is 0 Å². The number of carboxylic acids is 1. The molecule has 7 heteroatoms. The summed E-state index contributed by atoms with van der Waals surface area (Å²) in [6, 6.07) is 10.4. The standard InChI is InChI=1S/C16H16O6S/c1-11-4-2-3-5-15(11)23(20,21)9-8-22-12-6-7-14(17)13(10-12)16(18)19/h2-7,10,17H,8-9H2,1H3,(H,18,19). The Hall–Kier alpha value is -2.54. The van der Waals surface area contributed by atoms with Crippen LogP contribution in [0.5, 0.6) is 11.5 Å². The van der Waals surface area contributed by atoms with Crippen molar-refractivity contribution in [2.45, 2.75) is 11.8 Å². The maximum atomic E-state index is 12.3. The molecule has 2 rings (SSSR count). The highest BCUT2D eigenvalue weighted by Crippen LogP contribution is 2.23. The molecule has 0 saturated heterocycles. The first kappa shape index (κ1) is 16.8. The Morgan fingerprint density at radius 2 is 1.87 bits per heavy atom. The lowest BCUT2D eigenvalue weighted by Gasteiger charge is -2.10. The summed E-state index contributed by atoms with van der Waals surface area (Å²) in [4.78, 5) is 11.2. The summed E-state index contributed by atoms with van der Waals surface area (Å²) in [5, 5.41) is 18.3. The number of benzene rings is 2. The highest BCUT2D eigenvalue weighted by Gasteiger charge is 2.17. The van der Waals surface area contributed by atoms with E-state index in [1.54, 1.807) is 25.1 Å². The Bertz CT molecular complexity index is 826. The second-order valence-electron chi connectivity index (χ2n) is 4.92. The van der Waals surface area contributed by atoms with Gasteiger partial charge in [-0.15, -0.1) is 0 Å². The van der Waals surface area contributed by atoms with Gasteiger partial charge in [-0.3, -0.25) is 0 Å². The van der Waals surface area contributed by atoms with E-state index in [0.717, 1.165) is 6.07 Å². The van der Waals surface area contributed by atoms with Gasteiger partial charge in [0.2, 0.25) is 0 Å². The van der Waals surface area contributed by atoms with E-state index in [-0.39, 0.29) is 34.3 Å². The maximum absolute atomic E-state index is 12.3. The number of phenols is 1. The number of aromatic carboxylic acids is 1. The highest BCUT2D eigenvalue weighted by molar-refractivity contribution is 7.91. The minimum Gasteiger partial charge on any atom is -0.507 e. The molecule has 2 N–H and O–H groups in total. The topological polar surface area (TPSA) is 101 Å². The molecule has 2 aromatic carbocycles. The van der Waals surface area contributed by atoms with Gasteiger partial charge < -0.3 is 14.9 Å². The fourth-order valence-corrected chi connectivity index (χ4v) is 3.43. The van der Waals surface area contributed by atoms with Gasteiger partial charge in [-0.2, -0.15) is 0 Å². The molecular formula is C16H16O6S. The molecule has 0 aliphatic carbocycles. The lowest BCUT2D eigenvalue weighted by Crippen LogP contribution is -2.15. The summed E-state index contributed by atoms with van der Waals surface area (Å²) in [7, 11) is -3.49. The van der Waals surface area contributed by atoms with Crippen LogP contribution in [0.1, 0.15) is 15.9 Å². The van der Waals surface area contributed by atoms with Crippen molar-refractivity contribution in [3.8, 4) is 11.5 Å². The lowest BCUT2D eigenvalue weighted by molar-refractivity contribution is 0.0693. The fraction of sp³-hybridized carbons (Fsp3) is 0.188. The number of ether oxygens (including phenoxy) is 1. The third-order valence-corrected chi connectivity index (χ3v) is 5.08. The van der Waals surface area contributed by atoms with E-state index < -0.39 is 15.8 Å². The van der Waals surface area contributed by atoms with Crippen molar-refractivity contribution >= 4 is 15.8 Å². The van der Waals surface area contributed by atoms with E-state index in [1.165, 1.54) is 18.2 Å². The molecule has 0 bridgehead atoms. The lowest BCUT2D eigenvalue weighted by atomic mass is 10.2. The van der Waals surface area contributed by atoms with Crippen LogP contribution in [0.4, 0.5) is 0 Å². The average molecular weight is 336 g/mol. The molecule has 0 saturated carbocycles. The average Bonchev–Trinajstić information content (AvgIpc) is 2.48. The third-order valence-electron chi connectivity index (χ3n) is 3.25. The monoisotopic (exact) mass is 336 g/mol. The van der Waals surface area contributed by atoms with Gasteiger partial charge in [-0.25, -0.2) is 13.2 Å². The molecule has 6 nitrogen and oxygen atoms in total. The normalized spacial score (nSPS) is 11.2. The minimum atomic E-state index is -3.49. The summed E-state index contributed by atoms with van der Waals surface area (Å²) in [6.45, 7) is 1.59. The number of aryl methyl sites for hydroxylation is 1. The smallest absolute Gasteiger partial charge is 0.339 e. The van der Waals surface area contributed by atoms with Gasteiger partial charge in [0.25, 0.3) is 0 Å². The Morgan fingerprint density at radius 1 is 1.17 bits per heavy atom. The molecule has 122 valence electrons. The molecule has 0 aliphatic rings. The molecule has 0 spiro atoms. The van der Waals surface area contributed by atoms with E-state index >= 15 is 0 Å². The first-order chi connectivity index (χ1) is 10.8. The molecule has 2 aromatic rings. The summed E-state index contributed by atoms with van der Waals surface area (Å²) < 4.78 is 29.8. The number of sulfone groups is 1. The molecule has 0 radical (unpaired) electrons. The molecule has 23 heavy (non-hydrogen) atoms. The van der Waals surface area contributed by atoms with Crippen LogP contribution in [0.25, 0.3) is 0 Å². The van der Waals surface area contributed by atoms with Crippen molar-refractivity contribution < 1.29 is 28.2 Å². The second-order valence-corrected chi connectivity index (χ2v) is 6.99. The van der Waals surface area contributed by atoms with Gasteiger partial charge in [0.05, 0.1) is 10.6 Å². The Kier molecular flexibility index (Phi) is 4.90. The molecule has 0 aliphatic heterocycles. The van der Waals surface area contributed by atoms with E-state index in [9.17, 15) is 18.3 Å². The predicted octanol–water partition coefficient (Wildman–Crippen LogP) is 2.25. The molecule has 0 unspecified atom stereocenters. The molecule has 0 atom stereocenters. The Balaban J connectivity index is 2.07.